The van der Waals surface area contributed by atoms with Crippen molar-refractivity contribution in [2.75, 3.05) is 0 Å². The molecule has 0 aromatic carbocycles. The zero-order valence-corrected chi connectivity index (χ0v) is 10.2. The van der Waals surface area contributed by atoms with E-state index in [1.54, 1.807) is 14.8 Å². The fraction of sp³-hybridized carbons (Fsp3) is 0.714. The maximum absolute atomic E-state index is 12.2. The molecule has 0 saturated carbocycles. The molecule has 0 spiro atoms. The van der Waals surface area contributed by atoms with Gasteiger partial charge in [-0.15, -0.1) is 0 Å². The molecule has 0 aromatic rings. The van der Waals surface area contributed by atoms with E-state index in [1.807, 2.05) is 0 Å². The van der Waals surface area contributed by atoms with Crippen molar-refractivity contribution >= 4 is 18.4 Å². The first kappa shape index (κ1) is 13.0. The van der Waals surface area contributed by atoms with Gasteiger partial charge in [0.25, 0.3) is 0 Å². The van der Waals surface area contributed by atoms with Crippen molar-refractivity contribution in [2.45, 2.75) is 26.9 Å². The van der Waals surface area contributed by atoms with E-state index in [-0.39, 0.29) is 0 Å². The van der Waals surface area contributed by atoms with Crippen molar-refractivity contribution in [3.63, 3.8) is 0 Å². The molecular formula is C7H9F5Sn. The average molecular weight is 307 g/mol. The van der Waals surface area contributed by atoms with Crippen LogP contribution in [0.5, 0.6) is 0 Å². The Labute approximate surface area is 77.4 Å². The monoisotopic (exact) mass is 308 g/mol. The summed E-state index contributed by atoms with van der Waals surface area (Å²) < 4.78 is 61.2. The first-order chi connectivity index (χ1) is 5.46. The van der Waals surface area contributed by atoms with Crippen LogP contribution in [0.4, 0.5) is 22.0 Å². The molecule has 0 amide bonds. The Morgan fingerprint density at radius 3 is 1.54 bits per heavy atom. The van der Waals surface area contributed by atoms with Gasteiger partial charge in [-0.05, 0) is 0 Å². The second-order valence-electron chi connectivity index (χ2n) is 3.57. The van der Waals surface area contributed by atoms with E-state index in [2.05, 4.69) is 3.94 Å². The fourth-order valence-corrected chi connectivity index (χ4v) is 1.86. The SMILES string of the molecule is [CH3][Sn]([CH3])([CH3])[C]#CC(F)(F)C(F)(F)F. The molecule has 0 aliphatic rings. The van der Waals surface area contributed by atoms with E-state index in [0.717, 1.165) is 5.92 Å². The third kappa shape index (κ3) is 4.69. The molecule has 0 rings (SSSR count). The summed E-state index contributed by atoms with van der Waals surface area (Å²) >= 11 is -2.86. The Morgan fingerprint density at radius 2 is 1.31 bits per heavy atom. The molecule has 0 aliphatic carbocycles. The van der Waals surface area contributed by atoms with Crippen LogP contribution in [0.25, 0.3) is 0 Å². The van der Waals surface area contributed by atoms with E-state index in [1.165, 1.54) is 0 Å². The summed E-state index contributed by atoms with van der Waals surface area (Å²) in [5, 5.41) is 0. The van der Waals surface area contributed by atoms with E-state index >= 15 is 0 Å². The standard InChI is InChI=1S/C4F5.3CH3.Sn/c1-2-3(5,6)4(7,8)9;;;;/h;3*1H3;. The minimum atomic E-state index is -5.56. The van der Waals surface area contributed by atoms with E-state index in [4.69, 9.17) is 0 Å². The molecule has 13 heavy (non-hydrogen) atoms. The van der Waals surface area contributed by atoms with Crippen molar-refractivity contribution in [2.24, 2.45) is 0 Å². The third-order valence-corrected chi connectivity index (χ3v) is 3.45. The summed E-state index contributed by atoms with van der Waals surface area (Å²) in [4.78, 5) is 4.98. The quantitative estimate of drug-likeness (QED) is 0.366. The Bertz CT molecular complexity index is 236. The molecule has 0 radical (unpaired) electrons. The van der Waals surface area contributed by atoms with Gasteiger partial charge >= 0.3 is 77.1 Å². The molecule has 0 nitrogen and oxygen atoms in total. The third-order valence-electron chi connectivity index (χ3n) is 0.951. The Balaban J connectivity index is 4.77. The molecule has 0 N–H and O–H groups in total. The summed E-state index contributed by atoms with van der Waals surface area (Å²) in [5.41, 5.74) is 0. The minimum absolute atomic E-state index is 1.02. The number of alkyl halides is 5. The van der Waals surface area contributed by atoms with Gasteiger partial charge in [0.05, 0.1) is 0 Å². The van der Waals surface area contributed by atoms with Crippen molar-refractivity contribution in [3.05, 3.63) is 0 Å². The molecule has 0 saturated heterocycles. The van der Waals surface area contributed by atoms with Gasteiger partial charge in [0.1, 0.15) is 0 Å². The average Bonchev–Trinajstić information content (AvgIpc) is 1.79. The number of hydrogen-bond donors (Lipinski definition) is 0. The van der Waals surface area contributed by atoms with Gasteiger partial charge in [-0.25, -0.2) is 0 Å². The molecule has 76 valence electrons. The van der Waals surface area contributed by atoms with E-state index in [0.29, 0.717) is 0 Å². The van der Waals surface area contributed by atoms with Crippen LogP contribution in [-0.2, 0) is 0 Å². The van der Waals surface area contributed by atoms with Crippen molar-refractivity contribution in [1.82, 2.24) is 0 Å². The summed E-state index contributed by atoms with van der Waals surface area (Å²) in [5.74, 6) is -3.84. The van der Waals surface area contributed by atoms with E-state index < -0.39 is 30.5 Å². The molecule has 0 bridgehead atoms. The zero-order chi connectivity index (χ0) is 10.9. The van der Waals surface area contributed by atoms with Crippen LogP contribution in [0.1, 0.15) is 0 Å². The van der Waals surface area contributed by atoms with Gasteiger partial charge in [-0.2, -0.15) is 0 Å². The molecule has 0 aromatic heterocycles. The Morgan fingerprint density at radius 1 is 0.923 bits per heavy atom. The van der Waals surface area contributed by atoms with Gasteiger partial charge in [0.15, 0.2) is 0 Å². The molecule has 6 heteroatoms. The van der Waals surface area contributed by atoms with Crippen LogP contribution in [0.3, 0.4) is 0 Å². The maximum atomic E-state index is 12.2. The molecule has 0 atom stereocenters. The molecule has 0 fully saturated rings. The number of hydrogen-bond acceptors (Lipinski definition) is 0. The first-order valence-corrected chi connectivity index (χ1v) is 13.4. The summed E-state index contributed by atoms with van der Waals surface area (Å²) in [6.45, 7) is 0. The van der Waals surface area contributed by atoms with Gasteiger partial charge in [0.2, 0.25) is 0 Å². The zero-order valence-electron chi connectivity index (χ0n) is 7.39. The van der Waals surface area contributed by atoms with Crippen LogP contribution < -0.4 is 0 Å². The van der Waals surface area contributed by atoms with Gasteiger partial charge in [-0.1, -0.05) is 0 Å². The summed E-state index contributed by atoms with van der Waals surface area (Å²) in [7, 11) is 0. The van der Waals surface area contributed by atoms with Crippen LogP contribution >= 0.6 is 0 Å². The fourth-order valence-electron chi connectivity index (χ4n) is 0.337. The van der Waals surface area contributed by atoms with Crippen LogP contribution in [0, 0.1) is 9.86 Å². The normalized spacial score (nSPS) is 13.5. The topological polar surface area (TPSA) is 0 Å². The van der Waals surface area contributed by atoms with Crippen LogP contribution in [-0.4, -0.2) is 30.5 Å². The summed E-state index contributed by atoms with van der Waals surface area (Å²) in [6, 6.07) is 0. The second kappa shape index (κ2) is 3.64. The van der Waals surface area contributed by atoms with Crippen LogP contribution in [0.2, 0.25) is 14.8 Å². The Kier molecular flexibility index (Phi) is 3.64. The molecule has 0 heterocycles. The molecule has 0 aliphatic heterocycles. The van der Waals surface area contributed by atoms with Crippen molar-refractivity contribution in [3.8, 4) is 9.86 Å². The molecule has 0 unspecified atom stereocenters. The number of rotatable bonds is 0. The van der Waals surface area contributed by atoms with Crippen molar-refractivity contribution < 1.29 is 22.0 Å². The first-order valence-electron chi connectivity index (χ1n) is 3.44. The van der Waals surface area contributed by atoms with Gasteiger partial charge < -0.3 is 0 Å². The van der Waals surface area contributed by atoms with Crippen LogP contribution in [0.15, 0.2) is 0 Å². The predicted molar refractivity (Wildman–Crippen MR) is 42.1 cm³/mol. The second-order valence-corrected chi connectivity index (χ2v) is 17.1. The van der Waals surface area contributed by atoms with Crippen molar-refractivity contribution in [1.29, 1.82) is 0 Å². The Hall–Kier alpha value is 0.00870. The van der Waals surface area contributed by atoms with Gasteiger partial charge in [0, 0.05) is 0 Å². The molecular weight excluding hydrogens is 298 g/mol. The number of halogens is 5. The summed E-state index contributed by atoms with van der Waals surface area (Å²) in [6.07, 6.45) is -5.56. The van der Waals surface area contributed by atoms with Gasteiger partial charge in [-0.3, -0.25) is 0 Å². The van der Waals surface area contributed by atoms with E-state index in [9.17, 15) is 22.0 Å². The predicted octanol–water partition coefficient (Wildman–Crippen LogP) is 3.06.